The molecule has 114 valence electrons. The largest absolute Gasteiger partial charge is 0.363 e. The van der Waals surface area contributed by atoms with Crippen molar-refractivity contribution in [1.29, 1.82) is 0 Å². The lowest BCUT2D eigenvalue weighted by Crippen LogP contribution is -2.10. The fourth-order valence-electron chi connectivity index (χ4n) is 2.06. The Kier molecular flexibility index (Phi) is 4.41. The Balaban J connectivity index is 1.96. The molecular formula is C17H9BrClNO3. The van der Waals surface area contributed by atoms with E-state index in [1.807, 2.05) is 0 Å². The lowest BCUT2D eigenvalue weighted by atomic mass is 9.99. The van der Waals surface area contributed by atoms with Crippen LogP contribution in [0.3, 0.4) is 0 Å². The molecule has 0 amide bonds. The molecule has 0 N–H and O–H groups in total. The smallest absolute Gasteiger partial charge is 0.215 e. The first-order valence-electron chi connectivity index (χ1n) is 6.61. The molecule has 0 atom stereocenters. The number of hydrogen-bond acceptors (Lipinski definition) is 4. The van der Waals surface area contributed by atoms with Gasteiger partial charge in [-0.3, -0.25) is 9.59 Å². The van der Waals surface area contributed by atoms with Gasteiger partial charge in [0, 0.05) is 20.6 Å². The van der Waals surface area contributed by atoms with Crippen LogP contribution >= 0.6 is 27.5 Å². The first-order valence-corrected chi connectivity index (χ1v) is 7.78. The quantitative estimate of drug-likeness (QED) is 0.613. The Morgan fingerprint density at radius 3 is 2.13 bits per heavy atom. The molecule has 0 radical (unpaired) electrons. The summed E-state index contributed by atoms with van der Waals surface area (Å²) in [7, 11) is 0. The Morgan fingerprint density at radius 1 is 0.913 bits per heavy atom. The maximum atomic E-state index is 12.5. The maximum Gasteiger partial charge on any atom is 0.215 e. The molecule has 4 nitrogen and oxygen atoms in total. The number of ketones is 2. The number of carbonyl (C=O) groups is 2. The molecule has 0 saturated heterocycles. The molecule has 1 aromatic heterocycles. The van der Waals surface area contributed by atoms with Gasteiger partial charge < -0.3 is 4.52 Å². The molecule has 3 aromatic rings. The average Bonchev–Trinajstić information content (AvgIpc) is 3.04. The van der Waals surface area contributed by atoms with E-state index >= 15 is 0 Å². The van der Waals surface area contributed by atoms with Gasteiger partial charge >= 0.3 is 0 Å². The maximum absolute atomic E-state index is 12.5. The molecule has 23 heavy (non-hydrogen) atoms. The first-order chi connectivity index (χ1) is 11.1. The molecule has 1 heterocycles. The van der Waals surface area contributed by atoms with Crippen LogP contribution < -0.4 is 0 Å². The van der Waals surface area contributed by atoms with Crippen LogP contribution in [-0.4, -0.2) is 16.7 Å². The van der Waals surface area contributed by atoms with E-state index in [0.29, 0.717) is 16.1 Å². The summed E-state index contributed by atoms with van der Waals surface area (Å²) in [5.41, 5.74) is 0.947. The second-order valence-electron chi connectivity index (χ2n) is 4.75. The Labute approximate surface area is 145 Å². The highest BCUT2D eigenvalue weighted by molar-refractivity contribution is 9.10. The summed E-state index contributed by atoms with van der Waals surface area (Å²) < 4.78 is 5.70. The molecule has 0 spiro atoms. The molecule has 0 aliphatic heterocycles. The highest BCUT2D eigenvalue weighted by Crippen LogP contribution is 2.20. The summed E-state index contributed by atoms with van der Waals surface area (Å²) in [5.74, 6) is -0.716. The summed E-state index contributed by atoms with van der Waals surface area (Å²) >= 11 is 9.12. The first kappa shape index (κ1) is 15.6. The van der Waals surface area contributed by atoms with Crippen molar-refractivity contribution < 1.29 is 14.1 Å². The van der Waals surface area contributed by atoms with Gasteiger partial charge in [-0.1, -0.05) is 32.7 Å². The van der Waals surface area contributed by atoms with Crippen LogP contribution in [0.1, 0.15) is 32.0 Å². The number of benzene rings is 2. The van der Waals surface area contributed by atoms with Crippen molar-refractivity contribution in [2.75, 3.05) is 0 Å². The number of aromatic nitrogens is 1. The van der Waals surface area contributed by atoms with Crippen molar-refractivity contribution in [2.45, 2.75) is 0 Å². The second kappa shape index (κ2) is 6.48. The van der Waals surface area contributed by atoms with Crippen LogP contribution in [0.25, 0.3) is 0 Å². The lowest BCUT2D eigenvalue weighted by Gasteiger charge is -2.02. The van der Waals surface area contributed by atoms with Crippen molar-refractivity contribution in [3.8, 4) is 0 Å². The van der Waals surface area contributed by atoms with Crippen LogP contribution in [0.2, 0.25) is 5.02 Å². The predicted molar refractivity (Wildman–Crippen MR) is 89.0 cm³/mol. The van der Waals surface area contributed by atoms with Gasteiger partial charge in [0.2, 0.25) is 5.78 Å². The minimum atomic E-state index is -0.372. The third-order valence-electron chi connectivity index (χ3n) is 3.24. The van der Waals surface area contributed by atoms with Crippen LogP contribution in [0.15, 0.2) is 63.8 Å². The Bertz CT molecular complexity index is 798. The van der Waals surface area contributed by atoms with Crippen molar-refractivity contribution in [1.82, 2.24) is 5.16 Å². The lowest BCUT2D eigenvalue weighted by molar-refractivity contribution is 0.1000. The van der Waals surface area contributed by atoms with E-state index in [2.05, 4.69) is 21.1 Å². The number of carbonyl (C=O) groups excluding carboxylic acids is 2. The zero-order valence-corrected chi connectivity index (χ0v) is 14.0. The Morgan fingerprint density at radius 2 is 1.48 bits per heavy atom. The van der Waals surface area contributed by atoms with Crippen LogP contribution in [-0.2, 0) is 0 Å². The minimum Gasteiger partial charge on any atom is -0.363 e. The summed E-state index contributed by atoms with van der Waals surface area (Å²) in [4.78, 5) is 25.0. The van der Waals surface area contributed by atoms with Gasteiger partial charge in [-0.2, -0.15) is 0 Å². The molecule has 3 rings (SSSR count). The Hall–Kier alpha value is -2.24. The van der Waals surface area contributed by atoms with Crippen LogP contribution in [0.5, 0.6) is 0 Å². The topological polar surface area (TPSA) is 60.2 Å². The van der Waals surface area contributed by atoms with Crippen molar-refractivity contribution >= 4 is 39.1 Å². The highest BCUT2D eigenvalue weighted by atomic mass is 79.9. The molecule has 0 aliphatic carbocycles. The number of nitrogens with zero attached hydrogens (tertiary/aromatic N) is 1. The zero-order chi connectivity index (χ0) is 16.4. The van der Waals surface area contributed by atoms with Crippen LogP contribution in [0, 0.1) is 0 Å². The van der Waals surface area contributed by atoms with E-state index in [4.69, 9.17) is 16.1 Å². The molecular weight excluding hydrogens is 382 g/mol. The van der Waals surface area contributed by atoms with Crippen molar-refractivity contribution in [3.05, 3.63) is 86.7 Å². The molecule has 0 saturated carbocycles. The molecule has 0 fully saturated rings. The van der Waals surface area contributed by atoms with Crippen molar-refractivity contribution in [3.63, 3.8) is 0 Å². The normalized spacial score (nSPS) is 10.5. The van der Waals surface area contributed by atoms with E-state index in [9.17, 15) is 9.59 Å². The highest BCUT2D eigenvalue weighted by Gasteiger charge is 2.23. The summed E-state index contributed by atoms with van der Waals surface area (Å²) in [6, 6.07) is 13.2. The summed E-state index contributed by atoms with van der Waals surface area (Å²) in [6.07, 6.45) is 1.18. The van der Waals surface area contributed by atoms with E-state index < -0.39 is 0 Å². The SMILES string of the molecule is O=C(c1ccc(Cl)cc1)c1conc1C(=O)c1ccc(Br)cc1. The predicted octanol–water partition coefficient (Wildman–Crippen LogP) is 4.55. The van der Waals surface area contributed by atoms with E-state index in [0.717, 1.165) is 4.47 Å². The molecule has 6 heteroatoms. The molecule has 2 aromatic carbocycles. The van der Waals surface area contributed by atoms with Gasteiger partial charge in [0.1, 0.15) is 6.26 Å². The molecule has 0 aliphatic rings. The number of hydrogen-bond donors (Lipinski definition) is 0. The number of halogens is 2. The summed E-state index contributed by atoms with van der Waals surface area (Å²) in [5, 5.41) is 4.22. The summed E-state index contributed by atoms with van der Waals surface area (Å²) in [6.45, 7) is 0. The van der Waals surface area contributed by atoms with E-state index in [-0.39, 0.29) is 22.8 Å². The molecule has 0 bridgehead atoms. The fraction of sp³-hybridized carbons (Fsp3) is 0. The van der Waals surface area contributed by atoms with Gasteiger partial charge in [-0.15, -0.1) is 0 Å². The van der Waals surface area contributed by atoms with Gasteiger partial charge in [0.15, 0.2) is 11.5 Å². The minimum absolute atomic E-state index is 0.00716. The zero-order valence-electron chi connectivity index (χ0n) is 11.6. The average molecular weight is 391 g/mol. The standard InChI is InChI=1S/C17H9BrClNO3/c18-12-5-1-11(2-6-12)17(22)15-14(9-23-20-15)16(21)10-3-7-13(19)8-4-10/h1-9H. The van der Waals surface area contributed by atoms with Gasteiger partial charge in [0.25, 0.3) is 0 Å². The van der Waals surface area contributed by atoms with E-state index in [1.54, 1.807) is 48.5 Å². The van der Waals surface area contributed by atoms with Crippen molar-refractivity contribution in [2.24, 2.45) is 0 Å². The van der Waals surface area contributed by atoms with E-state index in [1.165, 1.54) is 6.26 Å². The second-order valence-corrected chi connectivity index (χ2v) is 6.10. The number of rotatable bonds is 4. The van der Waals surface area contributed by atoms with Gasteiger partial charge in [-0.25, -0.2) is 0 Å². The molecule has 0 unspecified atom stereocenters. The van der Waals surface area contributed by atoms with Gasteiger partial charge in [-0.05, 0) is 48.5 Å². The van der Waals surface area contributed by atoms with Crippen LogP contribution in [0.4, 0.5) is 0 Å². The third-order valence-corrected chi connectivity index (χ3v) is 4.02. The van der Waals surface area contributed by atoms with Gasteiger partial charge in [0.05, 0.1) is 5.56 Å². The monoisotopic (exact) mass is 389 g/mol. The third kappa shape index (κ3) is 3.25. The fourth-order valence-corrected chi connectivity index (χ4v) is 2.45.